The summed E-state index contributed by atoms with van der Waals surface area (Å²) >= 11 is 1.65. The van der Waals surface area contributed by atoms with Crippen molar-refractivity contribution in [2.45, 2.75) is 45.2 Å². The van der Waals surface area contributed by atoms with E-state index in [1.165, 1.54) is 0 Å². The molecule has 194 valence electrons. The third-order valence-corrected chi connectivity index (χ3v) is 8.01. The van der Waals surface area contributed by atoms with E-state index >= 15 is 0 Å². The highest BCUT2D eigenvalue weighted by atomic mass is 32.1. The van der Waals surface area contributed by atoms with Gasteiger partial charge >= 0.3 is 0 Å². The van der Waals surface area contributed by atoms with Crippen molar-refractivity contribution in [2.24, 2.45) is 5.92 Å². The first-order valence-corrected chi connectivity index (χ1v) is 13.4. The van der Waals surface area contributed by atoms with Crippen molar-refractivity contribution in [1.29, 1.82) is 0 Å². The van der Waals surface area contributed by atoms with E-state index in [1.54, 1.807) is 25.6 Å². The Hall–Kier alpha value is -3.43. The SMILES string of the molecule is COc1cc(OC)cc(C(C)Nc2nc(C)c(-c3nc4ccccc4s3)c(NC3CCC(CO)C3)n2)c1. The quantitative estimate of drug-likeness (QED) is 0.254. The fourth-order valence-corrected chi connectivity index (χ4v) is 5.96. The van der Waals surface area contributed by atoms with Crippen molar-refractivity contribution >= 4 is 33.3 Å². The van der Waals surface area contributed by atoms with Gasteiger partial charge in [0, 0.05) is 18.7 Å². The second-order valence-corrected chi connectivity index (χ2v) is 10.6. The molecule has 0 radical (unpaired) electrons. The van der Waals surface area contributed by atoms with Crippen LogP contribution in [0, 0.1) is 12.8 Å². The number of rotatable bonds is 9. The average molecular weight is 520 g/mol. The fraction of sp³-hybridized carbons (Fsp3) is 0.393. The number of nitrogens with one attached hydrogen (secondary N) is 2. The summed E-state index contributed by atoms with van der Waals surface area (Å²) in [4.78, 5) is 14.7. The van der Waals surface area contributed by atoms with Gasteiger partial charge in [0.15, 0.2) is 0 Å². The summed E-state index contributed by atoms with van der Waals surface area (Å²) in [5.74, 6) is 3.09. The summed E-state index contributed by atoms with van der Waals surface area (Å²) in [7, 11) is 3.29. The number of hydrogen-bond acceptors (Lipinski definition) is 9. The van der Waals surface area contributed by atoms with Gasteiger partial charge in [-0.15, -0.1) is 11.3 Å². The highest BCUT2D eigenvalue weighted by Gasteiger charge is 2.27. The number of nitrogens with zero attached hydrogens (tertiary/aromatic N) is 3. The fourth-order valence-electron chi connectivity index (χ4n) is 4.90. The van der Waals surface area contributed by atoms with Gasteiger partial charge in [-0.3, -0.25) is 0 Å². The van der Waals surface area contributed by atoms with Crippen LogP contribution in [0.4, 0.5) is 11.8 Å². The van der Waals surface area contributed by atoms with Gasteiger partial charge in [0.25, 0.3) is 0 Å². The van der Waals surface area contributed by atoms with Crippen molar-refractivity contribution in [3.8, 4) is 22.1 Å². The second-order valence-electron chi connectivity index (χ2n) is 9.56. The number of methoxy groups -OCH3 is 2. The Bertz CT molecular complexity index is 1340. The lowest BCUT2D eigenvalue weighted by atomic mass is 10.1. The number of thiazole rings is 1. The van der Waals surface area contributed by atoms with E-state index < -0.39 is 0 Å². The topological polar surface area (TPSA) is 101 Å². The number of fused-ring (bicyclic) bond motifs is 1. The number of aliphatic hydroxyl groups is 1. The Morgan fingerprint density at radius 1 is 1.05 bits per heavy atom. The molecule has 4 aromatic rings. The molecule has 2 aromatic carbocycles. The van der Waals surface area contributed by atoms with E-state index in [4.69, 9.17) is 24.4 Å². The van der Waals surface area contributed by atoms with Gasteiger partial charge in [0.2, 0.25) is 5.95 Å². The van der Waals surface area contributed by atoms with E-state index in [9.17, 15) is 5.11 Å². The van der Waals surface area contributed by atoms with E-state index in [-0.39, 0.29) is 18.7 Å². The monoisotopic (exact) mass is 519 g/mol. The van der Waals surface area contributed by atoms with E-state index in [0.29, 0.717) is 11.9 Å². The summed E-state index contributed by atoms with van der Waals surface area (Å²) in [6.07, 6.45) is 2.92. The van der Waals surface area contributed by atoms with Gasteiger partial charge in [0.1, 0.15) is 22.3 Å². The minimum Gasteiger partial charge on any atom is -0.497 e. The van der Waals surface area contributed by atoms with Gasteiger partial charge in [-0.1, -0.05) is 12.1 Å². The van der Waals surface area contributed by atoms with Crippen molar-refractivity contribution < 1.29 is 14.6 Å². The predicted octanol–water partition coefficient (Wildman–Crippen LogP) is 5.82. The van der Waals surface area contributed by atoms with Gasteiger partial charge in [-0.05, 0) is 68.9 Å². The highest BCUT2D eigenvalue weighted by Crippen LogP contribution is 2.38. The van der Waals surface area contributed by atoms with Crippen LogP contribution >= 0.6 is 11.3 Å². The van der Waals surface area contributed by atoms with E-state index in [1.807, 2.05) is 43.3 Å². The zero-order chi connectivity index (χ0) is 25.9. The van der Waals surface area contributed by atoms with Gasteiger partial charge in [-0.2, -0.15) is 4.98 Å². The Morgan fingerprint density at radius 3 is 2.49 bits per heavy atom. The van der Waals surface area contributed by atoms with Crippen LogP contribution in [0.5, 0.6) is 11.5 Å². The minimum absolute atomic E-state index is 0.0881. The van der Waals surface area contributed by atoms with Crippen molar-refractivity contribution in [1.82, 2.24) is 15.0 Å². The largest absolute Gasteiger partial charge is 0.497 e. The zero-order valence-electron chi connectivity index (χ0n) is 21.6. The van der Waals surface area contributed by atoms with Crippen LogP contribution < -0.4 is 20.1 Å². The summed E-state index contributed by atoms with van der Waals surface area (Å²) < 4.78 is 12.0. The van der Waals surface area contributed by atoms with Crippen LogP contribution in [0.25, 0.3) is 20.8 Å². The van der Waals surface area contributed by atoms with Crippen LogP contribution in [0.3, 0.4) is 0 Å². The van der Waals surface area contributed by atoms with Crippen LogP contribution in [-0.4, -0.2) is 46.9 Å². The first-order valence-electron chi connectivity index (χ1n) is 12.6. The molecule has 8 nitrogen and oxygen atoms in total. The molecule has 1 fully saturated rings. The number of benzene rings is 2. The Morgan fingerprint density at radius 2 is 1.81 bits per heavy atom. The number of para-hydroxylation sites is 1. The maximum absolute atomic E-state index is 9.64. The average Bonchev–Trinajstić information content (AvgIpc) is 3.54. The van der Waals surface area contributed by atoms with Crippen molar-refractivity contribution in [2.75, 3.05) is 31.5 Å². The Kier molecular flexibility index (Phi) is 7.43. The molecule has 0 amide bonds. The lowest BCUT2D eigenvalue weighted by Crippen LogP contribution is -2.19. The number of aryl methyl sites for hydroxylation is 1. The molecule has 3 unspecified atom stereocenters. The molecule has 0 bridgehead atoms. The van der Waals surface area contributed by atoms with E-state index in [2.05, 4.69) is 23.6 Å². The molecular weight excluding hydrogens is 486 g/mol. The number of anilines is 2. The van der Waals surface area contributed by atoms with Crippen LogP contribution in [0.15, 0.2) is 42.5 Å². The molecule has 3 atom stereocenters. The number of aliphatic hydroxyl groups excluding tert-OH is 1. The summed E-state index contributed by atoms with van der Waals surface area (Å²) in [6, 6.07) is 14.1. The summed E-state index contributed by atoms with van der Waals surface area (Å²) in [6.45, 7) is 4.29. The molecule has 0 spiro atoms. The first kappa shape index (κ1) is 25.2. The zero-order valence-corrected chi connectivity index (χ0v) is 22.4. The standard InChI is InChI=1S/C28H33N5O3S/c1-16(19-12-21(35-3)14-22(13-19)36-4)29-28-30-17(2)25(27-32-23-7-5-6-8-24(23)37-27)26(33-28)31-20-10-9-18(11-20)15-34/h5-8,12-14,16,18,20,34H,9-11,15H2,1-4H3,(H2,29,30,31,33). The predicted molar refractivity (Wildman–Crippen MR) is 149 cm³/mol. The van der Waals surface area contributed by atoms with Gasteiger partial charge in [-0.25, -0.2) is 9.97 Å². The van der Waals surface area contributed by atoms with Crippen molar-refractivity contribution in [3.05, 3.63) is 53.7 Å². The first-order chi connectivity index (χ1) is 18.0. The Balaban J connectivity index is 1.50. The molecule has 2 aromatic heterocycles. The number of ether oxygens (including phenoxy) is 2. The molecule has 3 N–H and O–H groups in total. The van der Waals surface area contributed by atoms with Crippen molar-refractivity contribution in [3.63, 3.8) is 0 Å². The highest BCUT2D eigenvalue weighted by molar-refractivity contribution is 7.21. The molecule has 0 saturated heterocycles. The van der Waals surface area contributed by atoms with E-state index in [0.717, 1.165) is 68.6 Å². The maximum atomic E-state index is 9.64. The molecule has 9 heteroatoms. The normalized spacial score (nSPS) is 18.1. The third-order valence-electron chi connectivity index (χ3n) is 6.96. The molecule has 37 heavy (non-hydrogen) atoms. The molecule has 1 saturated carbocycles. The van der Waals surface area contributed by atoms with Gasteiger partial charge < -0.3 is 25.2 Å². The van der Waals surface area contributed by atoms with Gasteiger partial charge in [0.05, 0.1) is 41.7 Å². The summed E-state index contributed by atoms with van der Waals surface area (Å²) in [5, 5.41) is 17.7. The molecule has 5 rings (SSSR count). The van der Waals surface area contributed by atoms with Crippen LogP contribution in [-0.2, 0) is 0 Å². The maximum Gasteiger partial charge on any atom is 0.225 e. The molecular formula is C28H33N5O3S. The number of aromatic nitrogens is 3. The second kappa shape index (κ2) is 10.9. The molecule has 1 aliphatic carbocycles. The summed E-state index contributed by atoms with van der Waals surface area (Å²) in [5.41, 5.74) is 3.75. The molecule has 0 aliphatic heterocycles. The number of hydrogen-bond donors (Lipinski definition) is 3. The Labute approximate surface area is 221 Å². The minimum atomic E-state index is -0.0881. The molecule has 2 heterocycles. The lowest BCUT2D eigenvalue weighted by molar-refractivity contribution is 0.229. The van der Waals surface area contributed by atoms with Crippen LogP contribution in [0.2, 0.25) is 0 Å². The molecule has 1 aliphatic rings. The van der Waals surface area contributed by atoms with Crippen LogP contribution in [0.1, 0.15) is 43.5 Å². The third kappa shape index (κ3) is 5.47. The lowest BCUT2D eigenvalue weighted by Gasteiger charge is -2.20. The smallest absolute Gasteiger partial charge is 0.225 e.